The fourth-order valence-corrected chi connectivity index (χ4v) is 1.43. The van der Waals surface area contributed by atoms with Crippen LogP contribution in [0.4, 0.5) is 0 Å². The number of aromatic nitrogens is 1. The summed E-state index contributed by atoms with van der Waals surface area (Å²) in [5.41, 5.74) is 0.208. The number of rotatable bonds is 3. The molecule has 0 saturated heterocycles. The highest BCUT2D eigenvalue weighted by molar-refractivity contribution is 5.96. The van der Waals surface area contributed by atoms with E-state index in [-0.39, 0.29) is 17.0 Å². The third-order valence-electron chi connectivity index (χ3n) is 2.03. The highest BCUT2D eigenvalue weighted by Crippen LogP contribution is 2.23. The van der Waals surface area contributed by atoms with Crippen molar-refractivity contribution in [3.05, 3.63) is 29.1 Å². The molecule has 0 radical (unpaired) electrons. The fraction of sp³-hybridized carbons (Fsp3) is 0.300. The first-order valence-electron chi connectivity index (χ1n) is 4.39. The Hall–Kier alpha value is -1.91. The lowest BCUT2D eigenvalue weighted by Crippen LogP contribution is -2.12. The van der Waals surface area contributed by atoms with Crippen LogP contribution < -0.4 is 0 Å². The maximum absolute atomic E-state index is 10.9. The predicted molar refractivity (Wildman–Crippen MR) is 52.2 cm³/mol. The molecule has 0 unspecified atom stereocenters. The van der Waals surface area contributed by atoms with Gasteiger partial charge < -0.3 is 10.2 Å². The lowest BCUT2D eigenvalue weighted by Gasteiger charge is -2.11. The van der Waals surface area contributed by atoms with Crippen molar-refractivity contribution < 1.29 is 19.8 Å². The van der Waals surface area contributed by atoms with Gasteiger partial charge in [-0.05, 0) is 11.5 Å². The van der Waals surface area contributed by atoms with Crippen LogP contribution in [0.2, 0.25) is 0 Å². The molecule has 1 rings (SSSR count). The normalized spacial score (nSPS) is 10.3. The second-order valence-corrected chi connectivity index (χ2v) is 3.41. The third-order valence-corrected chi connectivity index (χ3v) is 2.03. The lowest BCUT2D eigenvalue weighted by molar-refractivity contribution is 0.0693. The Morgan fingerprint density at radius 3 is 1.80 bits per heavy atom. The van der Waals surface area contributed by atoms with Crippen molar-refractivity contribution in [2.75, 3.05) is 0 Å². The van der Waals surface area contributed by atoms with Gasteiger partial charge in [0, 0.05) is 12.4 Å². The maximum atomic E-state index is 10.9. The Morgan fingerprint density at radius 2 is 1.53 bits per heavy atom. The molecule has 80 valence electrons. The van der Waals surface area contributed by atoms with Gasteiger partial charge in [-0.15, -0.1) is 0 Å². The predicted octanol–water partition coefficient (Wildman–Crippen LogP) is 1.60. The Morgan fingerprint density at radius 1 is 1.13 bits per heavy atom. The summed E-state index contributed by atoms with van der Waals surface area (Å²) < 4.78 is 0. The van der Waals surface area contributed by atoms with E-state index >= 15 is 0 Å². The van der Waals surface area contributed by atoms with Crippen LogP contribution in [-0.2, 0) is 0 Å². The molecule has 0 aliphatic heterocycles. The van der Waals surface area contributed by atoms with Gasteiger partial charge in [0.1, 0.15) is 0 Å². The molecule has 0 spiro atoms. The summed E-state index contributed by atoms with van der Waals surface area (Å²) in [5.74, 6) is -2.49. The van der Waals surface area contributed by atoms with Crippen LogP contribution in [-0.4, -0.2) is 27.1 Å². The van der Waals surface area contributed by atoms with E-state index in [0.717, 1.165) is 0 Å². The topological polar surface area (TPSA) is 87.5 Å². The molecule has 0 bridgehead atoms. The average molecular weight is 209 g/mol. The SMILES string of the molecule is CC(C)c1c(C(=O)O)cncc1C(=O)O. The van der Waals surface area contributed by atoms with E-state index in [0.29, 0.717) is 5.56 Å². The van der Waals surface area contributed by atoms with Gasteiger partial charge in [0.25, 0.3) is 0 Å². The molecule has 1 aromatic heterocycles. The molecule has 1 aromatic rings. The minimum Gasteiger partial charge on any atom is -0.478 e. The molecule has 0 aliphatic carbocycles. The van der Waals surface area contributed by atoms with E-state index in [1.807, 2.05) is 0 Å². The number of carbonyl (C=O) groups is 2. The van der Waals surface area contributed by atoms with Gasteiger partial charge in [-0.25, -0.2) is 9.59 Å². The minimum atomic E-state index is -1.16. The van der Waals surface area contributed by atoms with Crippen LogP contribution in [0.3, 0.4) is 0 Å². The van der Waals surface area contributed by atoms with Crippen LogP contribution in [0.25, 0.3) is 0 Å². The maximum Gasteiger partial charge on any atom is 0.337 e. The van der Waals surface area contributed by atoms with Crippen LogP contribution in [0.1, 0.15) is 46.0 Å². The number of carboxylic acids is 2. The zero-order chi connectivity index (χ0) is 11.6. The second kappa shape index (κ2) is 4.08. The molecule has 0 amide bonds. The second-order valence-electron chi connectivity index (χ2n) is 3.41. The van der Waals surface area contributed by atoms with Gasteiger partial charge in [0.2, 0.25) is 0 Å². The van der Waals surface area contributed by atoms with Crippen molar-refractivity contribution in [2.24, 2.45) is 0 Å². The summed E-state index contributed by atoms with van der Waals surface area (Å²) in [6, 6.07) is 0. The molecule has 5 nitrogen and oxygen atoms in total. The van der Waals surface area contributed by atoms with Gasteiger partial charge in [-0.3, -0.25) is 4.98 Å². The summed E-state index contributed by atoms with van der Waals surface area (Å²) in [6.07, 6.45) is 2.34. The first-order valence-corrected chi connectivity index (χ1v) is 4.39. The van der Waals surface area contributed by atoms with E-state index < -0.39 is 11.9 Å². The zero-order valence-corrected chi connectivity index (χ0v) is 8.39. The van der Waals surface area contributed by atoms with Gasteiger partial charge in [-0.1, -0.05) is 13.8 Å². The molecule has 5 heteroatoms. The smallest absolute Gasteiger partial charge is 0.337 e. The molecule has 15 heavy (non-hydrogen) atoms. The van der Waals surface area contributed by atoms with E-state index in [9.17, 15) is 9.59 Å². The number of hydrogen-bond donors (Lipinski definition) is 2. The fourth-order valence-electron chi connectivity index (χ4n) is 1.43. The van der Waals surface area contributed by atoms with E-state index in [1.54, 1.807) is 13.8 Å². The van der Waals surface area contributed by atoms with Crippen molar-refractivity contribution in [3.8, 4) is 0 Å². The minimum absolute atomic E-state index is 0.0510. The molecule has 0 saturated carbocycles. The Bertz CT molecular complexity index is 380. The van der Waals surface area contributed by atoms with E-state index in [2.05, 4.69) is 4.98 Å². The van der Waals surface area contributed by atoms with Gasteiger partial charge in [-0.2, -0.15) is 0 Å². The molecule has 0 aliphatic rings. The van der Waals surface area contributed by atoms with Gasteiger partial charge >= 0.3 is 11.9 Å². The van der Waals surface area contributed by atoms with Crippen molar-refractivity contribution >= 4 is 11.9 Å². The number of pyridine rings is 1. The highest BCUT2D eigenvalue weighted by Gasteiger charge is 2.20. The summed E-state index contributed by atoms with van der Waals surface area (Å²) >= 11 is 0. The van der Waals surface area contributed by atoms with Crippen molar-refractivity contribution in [3.63, 3.8) is 0 Å². The van der Waals surface area contributed by atoms with Crippen LogP contribution in [0.15, 0.2) is 12.4 Å². The lowest BCUT2D eigenvalue weighted by atomic mass is 9.94. The quantitative estimate of drug-likeness (QED) is 0.789. The summed E-state index contributed by atoms with van der Waals surface area (Å²) in [6.45, 7) is 3.49. The summed E-state index contributed by atoms with van der Waals surface area (Å²) in [5, 5.41) is 17.8. The first-order chi connectivity index (χ1) is 6.95. The average Bonchev–Trinajstić information content (AvgIpc) is 2.16. The molecular weight excluding hydrogens is 198 g/mol. The molecular formula is C10H11NO4. The Balaban J connectivity index is 3.48. The van der Waals surface area contributed by atoms with E-state index in [1.165, 1.54) is 12.4 Å². The number of hydrogen-bond acceptors (Lipinski definition) is 3. The molecule has 1 heterocycles. The Kier molecular flexibility index (Phi) is 3.04. The summed E-state index contributed by atoms with van der Waals surface area (Å²) in [7, 11) is 0. The molecule has 0 atom stereocenters. The molecule has 0 aromatic carbocycles. The monoisotopic (exact) mass is 209 g/mol. The molecule has 0 fully saturated rings. The van der Waals surface area contributed by atoms with Crippen molar-refractivity contribution in [2.45, 2.75) is 19.8 Å². The largest absolute Gasteiger partial charge is 0.478 e. The standard InChI is InChI=1S/C10H11NO4/c1-5(2)8-6(9(12)13)3-11-4-7(8)10(14)15/h3-5H,1-2H3,(H,12,13)(H,14,15). The third kappa shape index (κ3) is 2.12. The number of carboxylic acid groups (broad SMARTS) is 2. The first kappa shape index (κ1) is 11.2. The van der Waals surface area contributed by atoms with Crippen molar-refractivity contribution in [1.29, 1.82) is 0 Å². The van der Waals surface area contributed by atoms with Gasteiger partial charge in [0.05, 0.1) is 11.1 Å². The highest BCUT2D eigenvalue weighted by atomic mass is 16.4. The number of nitrogens with zero attached hydrogens (tertiary/aromatic N) is 1. The van der Waals surface area contributed by atoms with Crippen molar-refractivity contribution in [1.82, 2.24) is 4.98 Å². The van der Waals surface area contributed by atoms with Gasteiger partial charge in [0.15, 0.2) is 0 Å². The zero-order valence-electron chi connectivity index (χ0n) is 8.39. The van der Waals surface area contributed by atoms with Crippen LogP contribution in [0.5, 0.6) is 0 Å². The summed E-state index contributed by atoms with van der Waals surface area (Å²) in [4.78, 5) is 25.3. The van der Waals surface area contributed by atoms with Crippen LogP contribution in [0, 0.1) is 0 Å². The Labute approximate surface area is 86.4 Å². The van der Waals surface area contributed by atoms with E-state index in [4.69, 9.17) is 10.2 Å². The van der Waals surface area contributed by atoms with Crippen LogP contribution >= 0.6 is 0 Å². The number of aromatic carboxylic acids is 2. The molecule has 2 N–H and O–H groups in total.